The first-order valence-electron chi connectivity index (χ1n) is 12.6. The number of benzene rings is 2. The molecule has 4 N–H and O–H groups in total. The molecule has 192 valence electrons. The van der Waals surface area contributed by atoms with Gasteiger partial charge in [-0.2, -0.15) is 0 Å². The molecule has 0 aliphatic carbocycles. The van der Waals surface area contributed by atoms with Gasteiger partial charge in [-0.15, -0.1) is 0 Å². The largest absolute Gasteiger partial charge is 0.488 e. The molecule has 2 fully saturated rings. The first kappa shape index (κ1) is 25.5. The van der Waals surface area contributed by atoms with E-state index in [1.165, 1.54) is 12.8 Å². The first-order valence-corrected chi connectivity index (χ1v) is 12.6. The second kappa shape index (κ2) is 12.4. The number of carbonyl (C=O) groups excluding carboxylic acids is 1. The fraction of sp³-hybridized carbons (Fsp3) is 0.444. The van der Waals surface area contributed by atoms with Gasteiger partial charge in [0.05, 0.1) is 5.56 Å². The molecule has 0 bridgehead atoms. The summed E-state index contributed by atoms with van der Waals surface area (Å²) in [5, 5.41) is 16.0. The van der Waals surface area contributed by atoms with Gasteiger partial charge in [0.1, 0.15) is 31.5 Å². The van der Waals surface area contributed by atoms with E-state index in [2.05, 4.69) is 9.80 Å². The van der Waals surface area contributed by atoms with E-state index in [0.29, 0.717) is 35.1 Å². The summed E-state index contributed by atoms with van der Waals surface area (Å²) in [6.45, 7) is 5.59. The van der Waals surface area contributed by atoms with E-state index in [1.807, 2.05) is 0 Å². The maximum Gasteiger partial charge on any atom is 0.338 e. The van der Waals surface area contributed by atoms with E-state index in [4.69, 9.17) is 30.8 Å². The van der Waals surface area contributed by atoms with E-state index < -0.39 is 5.97 Å². The summed E-state index contributed by atoms with van der Waals surface area (Å²) in [5.41, 5.74) is 7.39. The summed E-state index contributed by atoms with van der Waals surface area (Å²) in [6, 6.07) is 12.1. The van der Waals surface area contributed by atoms with Crippen molar-refractivity contribution in [2.75, 3.05) is 52.5 Å². The Labute approximate surface area is 212 Å². The summed E-state index contributed by atoms with van der Waals surface area (Å²) in [6.07, 6.45) is 4.68. The normalized spacial score (nSPS) is 15.6. The molecule has 0 unspecified atom stereocenters. The van der Waals surface area contributed by atoms with Gasteiger partial charge in [-0.3, -0.25) is 15.7 Å². The summed E-state index contributed by atoms with van der Waals surface area (Å²) in [4.78, 5) is 16.9. The maximum absolute atomic E-state index is 12.5. The summed E-state index contributed by atoms with van der Waals surface area (Å²) < 4.78 is 17.2. The van der Waals surface area contributed by atoms with Crippen molar-refractivity contribution in [1.29, 1.82) is 10.8 Å². The Morgan fingerprint density at radius 1 is 0.778 bits per heavy atom. The number of likely N-dealkylation sites (tertiary alicyclic amines) is 2. The smallest absolute Gasteiger partial charge is 0.338 e. The number of hydrogen-bond acceptors (Lipinski definition) is 7. The van der Waals surface area contributed by atoms with Crippen LogP contribution in [0, 0.1) is 10.8 Å². The average Bonchev–Trinajstić information content (AvgIpc) is 3.61. The van der Waals surface area contributed by atoms with Crippen LogP contribution in [-0.4, -0.2) is 80.0 Å². The molecule has 0 atom stereocenters. The predicted molar refractivity (Wildman–Crippen MR) is 138 cm³/mol. The molecule has 9 nitrogen and oxygen atoms in total. The molecule has 2 aromatic rings. The van der Waals surface area contributed by atoms with Crippen LogP contribution < -0.4 is 15.2 Å². The minimum absolute atomic E-state index is 0.0572. The fourth-order valence-corrected chi connectivity index (χ4v) is 4.46. The maximum atomic E-state index is 12.5. The minimum atomic E-state index is -0.447. The lowest BCUT2D eigenvalue weighted by atomic mass is 10.1. The Balaban J connectivity index is 1.27. The van der Waals surface area contributed by atoms with E-state index in [1.54, 1.807) is 42.5 Å². The second-order valence-corrected chi connectivity index (χ2v) is 9.08. The molecule has 9 heteroatoms. The molecule has 0 amide bonds. The number of rotatable bonds is 11. The molecule has 2 aliphatic rings. The number of amidine groups is 2. The first-order chi connectivity index (χ1) is 17.5. The quantitative estimate of drug-likeness (QED) is 0.190. The minimum Gasteiger partial charge on any atom is -0.488 e. The molecule has 2 heterocycles. The van der Waals surface area contributed by atoms with Gasteiger partial charge in [-0.05, 0) is 69.1 Å². The number of nitrogens with zero attached hydrogens (tertiary/aromatic N) is 2. The van der Waals surface area contributed by atoms with E-state index in [9.17, 15) is 4.79 Å². The number of ether oxygens (including phenoxy) is 3. The van der Waals surface area contributed by atoms with E-state index >= 15 is 0 Å². The van der Waals surface area contributed by atoms with Gasteiger partial charge in [-0.25, -0.2) is 4.79 Å². The van der Waals surface area contributed by atoms with Crippen LogP contribution in [0.3, 0.4) is 0 Å². The third-order valence-corrected chi connectivity index (χ3v) is 6.51. The Morgan fingerprint density at radius 2 is 1.39 bits per heavy atom. The molecule has 0 saturated carbocycles. The molecule has 2 saturated heterocycles. The number of carbonyl (C=O) groups is 1. The van der Waals surface area contributed by atoms with Crippen LogP contribution in [0.15, 0.2) is 42.5 Å². The molecule has 36 heavy (non-hydrogen) atoms. The summed E-state index contributed by atoms with van der Waals surface area (Å²) in [5.74, 6) is 1.02. The van der Waals surface area contributed by atoms with Crippen molar-refractivity contribution in [2.45, 2.75) is 25.7 Å². The zero-order chi connectivity index (χ0) is 25.3. The predicted octanol–water partition coefficient (Wildman–Crippen LogP) is 3.10. The van der Waals surface area contributed by atoms with Gasteiger partial charge < -0.3 is 24.8 Å². The molecule has 0 aromatic heterocycles. The topological polar surface area (TPSA) is 125 Å². The lowest BCUT2D eigenvalue weighted by Crippen LogP contribution is -2.27. The number of nitrogens with two attached hydrogens (primary N) is 1. The third kappa shape index (κ3) is 6.75. The Kier molecular flexibility index (Phi) is 8.78. The van der Waals surface area contributed by atoms with Crippen LogP contribution in [0.1, 0.15) is 47.2 Å². The Hall–Kier alpha value is -3.59. The number of hydrogen-bond donors (Lipinski definition) is 3. The van der Waals surface area contributed by atoms with Crippen molar-refractivity contribution < 1.29 is 19.0 Å². The monoisotopic (exact) mass is 493 g/mol. The SMILES string of the molecule is N=C(N)c1ccc(OCCN2CCCC2)c(OCCOC(=O)c2ccc(C(=N)N3CCCC3)cc2)c1. The van der Waals surface area contributed by atoms with Crippen molar-refractivity contribution in [1.82, 2.24) is 9.80 Å². The van der Waals surface area contributed by atoms with Crippen LogP contribution >= 0.6 is 0 Å². The zero-order valence-corrected chi connectivity index (χ0v) is 20.6. The van der Waals surface area contributed by atoms with Crippen molar-refractivity contribution in [3.63, 3.8) is 0 Å². The lowest BCUT2D eigenvalue weighted by Gasteiger charge is -2.18. The lowest BCUT2D eigenvalue weighted by molar-refractivity contribution is 0.0448. The van der Waals surface area contributed by atoms with Crippen LogP contribution in [0.2, 0.25) is 0 Å². The van der Waals surface area contributed by atoms with Crippen molar-refractivity contribution in [2.24, 2.45) is 5.73 Å². The highest BCUT2D eigenvalue weighted by molar-refractivity contribution is 5.98. The molecule has 4 rings (SSSR count). The van der Waals surface area contributed by atoms with Gasteiger partial charge in [0.2, 0.25) is 0 Å². The standard InChI is InChI=1S/C27H35N5O4/c28-25(29)22-9-10-23(34-16-15-31-11-1-2-12-31)24(19-22)35-17-18-36-27(33)21-7-5-20(6-8-21)26(30)32-13-3-4-14-32/h5-10,19,30H,1-4,11-18H2,(H3,28,29). The Bertz CT molecular complexity index is 1060. The molecule has 0 radical (unpaired) electrons. The highest BCUT2D eigenvalue weighted by Crippen LogP contribution is 2.28. The van der Waals surface area contributed by atoms with Gasteiger partial charge in [0, 0.05) is 30.8 Å². The van der Waals surface area contributed by atoms with Crippen LogP contribution in [0.4, 0.5) is 0 Å². The molecule has 2 aromatic carbocycles. The number of nitrogen functional groups attached to an aromatic ring is 1. The number of esters is 1. The van der Waals surface area contributed by atoms with Crippen LogP contribution in [0.25, 0.3) is 0 Å². The van der Waals surface area contributed by atoms with Gasteiger partial charge >= 0.3 is 5.97 Å². The fourth-order valence-electron chi connectivity index (χ4n) is 4.46. The molecular formula is C27H35N5O4. The van der Waals surface area contributed by atoms with Gasteiger partial charge in [-0.1, -0.05) is 12.1 Å². The van der Waals surface area contributed by atoms with Crippen molar-refractivity contribution in [3.8, 4) is 11.5 Å². The van der Waals surface area contributed by atoms with Crippen LogP contribution in [0.5, 0.6) is 11.5 Å². The summed E-state index contributed by atoms with van der Waals surface area (Å²) in [7, 11) is 0. The highest BCUT2D eigenvalue weighted by Gasteiger charge is 2.17. The van der Waals surface area contributed by atoms with Crippen molar-refractivity contribution >= 4 is 17.6 Å². The average molecular weight is 494 g/mol. The van der Waals surface area contributed by atoms with Crippen molar-refractivity contribution in [3.05, 3.63) is 59.2 Å². The van der Waals surface area contributed by atoms with Gasteiger partial charge in [0.15, 0.2) is 11.5 Å². The van der Waals surface area contributed by atoms with E-state index in [0.717, 1.165) is 51.1 Å². The highest BCUT2D eigenvalue weighted by atomic mass is 16.6. The summed E-state index contributed by atoms with van der Waals surface area (Å²) >= 11 is 0. The Morgan fingerprint density at radius 3 is 2.08 bits per heavy atom. The molecule has 0 spiro atoms. The zero-order valence-electron chi connectivity index (χ0n) is 20.6. The molecule has 2 aliphatic heterocycles. The second-order valence-electron chi connectivity index (χ2n) is 9.08. The molecular weight excluding hydrogens is 458 g/mol. The number of nitrogens with one attached hydrogen (secondary N) is 2. The van der Waals surface area contributed by atoms with E-state index in [-0.39, 0.29) is 19.0 Å². The van der Waals surface area contributed by atoms with Crippen LogP contribution in [-0.2, 0) is 4.74 Å². The third-order valence-electron chi connectivity index (χ3n) is 6.51. The van der Waals surface area contributed by atoms with Gasteiger partial charge in [0.25, 0.3) is 0 Å².